The minimum absolute atomic E-state index is 0. The minimum atomic E-state index is -1.37. The van der Waals surface area contributed by atoms with Crippen LogP contribution in [0.4, 0.5) is 0 Å². The fraction of sp³-hybridized carbons (Fsp3) is 0. The van der Waals surface area contributed by atoms with Crippen molar-refractivity contribution in [2.45, 2.75) is 0 Å². The summed E-state index contributed by atoms with van der Waals surface area (Å²) >= 11 is 0. The molecule has 0 heterocycles. The van der Waals surface area contributed by atoms with Crippen molar-refractivity contribution in [2.75, 3.05) is 0 Å². The Hall–Kier alpha value is -1.66. The Labute approximate surface area is 104 Å². The molecule has 1 rings (SSSR count). The number of aromatic carboxylic acids is 3. The number of carboxylic acids is 3. The van der Waals surface area contributed by atoms with E-state index in [1.54, 1.807) is 0 Å². The molecule has 0 saturated heterocycles. The van der Waals surface area contributed by atoms with E-state index in [4.69, 9.17) is 15.3 Å². The molecule has 0 radical (unpaired) electrons. The van der Waals surface area contributed by atoms with Crippen molar-refractivity contribution in [1.29, 1.82) is 0 Å². The van der Waals surface area contributed by atoms with Crippen LogP contribution in [0.1, 0.15) is 31.1 Å². The maximum absolute atomic E-state index is 10.6. The third kappa shape index (κ3) is 3.18. The van der Waals surface area contributed by atoms with Crippen molar-refractivity contribution < 1.29 is 51.4 Å². The van der Waals surface area contributed by atoms with Crippen LogP contribution in [0.15, 0.2) is 18.2 Å². The molecule has 7 heteroatoms. The van der Waals surface area contributed by atoms with E-state index in [1.807, 2.05) is 0 Å². The van der Waals surface area contributed by atoms with E-state index >= 15 is 0 Å². The van der Waals surface area contributed by atoms with Crippen LogP contribution in [-0.4, -0.2) is 33.2 Å². The molecule has 0 atom stereocenters. The Morgan fingerprint density at radius 1 is 0.688 bits per heavy atom. The average Bonchev–Trinajstić information content (AvgIpc) is 2.16. The molecule has 0 aliphatic heterocycles. The first kappa shape index (κ1) is 14.3. The number of carbonyl (C=O) groups is 3. The molecule has 16 heavy (non-hydrogen) atoms. The van der Waals surface area contributed by atoms with Gasteiger partial charge >= 0.3 is 17.9 Å². The zero-order valence-electron chi connectivity index (χ0n) is 7.80. The van der Waals surface area contributed by atoms with Crippen molar-refractivity contribution in [3.8, 4) is 0 Å². The molecule has 0 bridgehead atoms. The first-order chi connectivity index (χ1) is 6.91. The van der Waals surface area contributed by atoms with Gasteiger partial charge in [-0.15, -0.1) is 0 Å². The molecular formula is C9H6O6Ti. The van der Waals surface area contributed by atoms with Crippen molar-refractivity contribution in [3.05, 3.63) is 34.9 Å². The molecule has 0 spiro atoms. The molecule has 0 unspecified atom stereocenters. The summed E-state index contributed by atoms with van der Waals surface area (Å²) < 4.78 is 0. The molecule has 3 N–H and O–H groups in total. The van der Waals surface area contributed by atoms with Gasteiger partial charge in [-0.25, -0.2) is 14.4 Å². The summed E-state index contributed by atoms with van der Waals surface area (Å²) in [5, 5.41) is 25.8. The van der Waals surface area contributed by atoms with Crippen LogP contribution in [0, 0.1) is 0 Å². The summed E-state index contributed by atoms with van der Waals surface area (Å²) in [6.45, 7) is 0. The molecule has 1 aromatic rings. The number of carboxylic acid groups (broad SMARTS) is 3. The Balaban J connectivity index is 0.00000225. The van der Waals surface area contributed by atoms with Gasteiger partial charge in [0.15, 0.2) is 0 Å². The molecule has 0 aliphatic rings. The predicted octanol–water partition coefficient (Wildman–Crippen LogP) is 0.779. The van der Waals surface area contributed by atoms with Crippen molar-refractivity contribution in [1.82, 2.24) is 0 Å². The molecular weight excluding hydrogens is 252 g/mol. The van der Waals surface area contributed by atoms with E-state index in [1.165, 1.54) is 0 Å². The number of hydrogen-bond acceptors (Lipinski definition) is 3. The van der Waals surface area contributed by atoms with E-state index in [2.05, 4.69) is 0 Å². The Morgan fingerprint density at radius 3 is 1.00 bits per heavy atom. The van der Waals surface area contributed by atoms with Crippen LogP contribution in [0.5, 0.6) is 0 Å². The van der Waals surface area contributed by atoms with Crippen LogP contribution in [0.2, 0.25) is 0 Å². The van der Waals surface area contributed by atoms with Crippen molar-refractivity contribution in [3.63, 3.8) is 0 Å². The monoisotopic (exact) mass is 258 g/mol. The molecule has 82 valence electrons. The largest absolute Gasteiger partial charge is 0.478 e. The minimum Gasteiger partial charge on any atom is -0.478 e. The Bertz CT molecular complexity index is 374. The third-order valence-corrected chi connectivity index (χ3v) is 1.67. The molecule has 1 aromatic carbocycles. The predicted molar refractivity (Wildman–Crippen MR) is 47.3 cm³/mol. The van der Waals surface area contributed by atoms with Crippen LogP contribution < -0.4 is 0 Å². The van der Waals surface area contributed by atoms with Crippen LogP contribution >= 0.6 is 0 Å². The number of rotatable bonds is 3. The summed E-state index contributed by atoms with van der Waals surface area (Å²) in [7, 11) is 0. The molecule has 0 fully saturated rings. The fourth-order valence-corrected chi connectivity index (χ4v) is 0.998. The van der Waals surface area contributed by atoms with E-state index in [9.17, 15) is 14.4 Å². The van der Waals surface area contributed by atoms with Gasteiger partial charge in [-0.2, -0.15) is 0 Å². The molecule has 0 saturated carbocycles. The second-order valence-corrected chi connectivity index (χ2v) is 2.71. The first-order valence-electron chi connectivity index (χ1n) is 3.77. The van der Waals surface area contributed by atoms with E-state index in [0.717, 1.165) is 18.2 Å². The van der Waals surface area contributed by atoms with Gasteiger partial charge in [0.1, 0.15) is 0 Å². The van der Waals surface area contributed by atoms with Gasteiger partial charge in [0.05, 0.1) is 16.7 Å². The van der Waals surface area contributed by atoms with Crippen LogP contribution in [0.25, 0.3) is 0 Å². The summed E-state index contributed by atoms with van der Waals surface area (Å²) in [5.74, 6) is -4.12. The Morgan fingerprint density at radius 2 is 0.875 bits per heavy atom. The van der Waals surface area contributed by atoms with E-state index in [0.29, 0.717) is 0 Å². The maximum Gasteiger partial charge on any atom is 0.335 e. The van der Waals surface area contributed by atoms with Gasteiger partial charge in [-0.1, -0.05) is 0 Å². The zero-order valence-corrected chi connectivity index (χ0v) is 9.36. The molecule has 0 aromatic heterocycles. The summed E-state index contributed by atoms with van der Waals surface area (Å²) in [4.78, 5) is 31.7. The summed E-state index contributed by atoms with van der Waals surface area (Å²) in [5.41, 5.74) is -1.10. The molecule has 0 amide bonds. The molecule has 6 nitrogen and oxygen atoms in total. The SMILES string of the molecule is O=C(O)c1cc(C(=O)O)cc(C(=O)O)c1.[Ti]. The second-order valence-electron chi connectivity index (χ2n) is 2.71. The van der Waals surface area contributed by atoms with Crippen LogP contribution in [-0.2, 0) is 21.7 Å². The van der Waals surface area contributed by atoms with Gasteiger partial charge in [0.25, 0.3) is 0 Å². The van der Waals surface area contributed by atoms with Crippen molar-refractivity contribution >= 4 is 17.9 Å². The average molecular weight is 258 g/mol. The van der Waals surface area contributed by atoms with Crippen molar-refractivity contribution in [2.24, 2.45) is 0 Å². The summed E-state index contributed by atoms with van der Waals surface area (Å²) in [6.07, 6.45) is 0. The number of benzene rings is 1. The second kappa shape index (κ2) is 5.43. The fourth-order valence-electron chi connectivity index (χ4n) is 0.998. The van der Waals surface area contributed by atoms with Gasteiger partial charge in [-0.05, 0) is 18.2 Å². The van der Waals surface area contributed by atoms with Gasteiger partial charge in [-0.3, -0.25) is 0 Å². The van der Waals surface area contributed by atoms with E-state index in [-0.39, 0.29) is 38.4 Å². The van der Waals surface area contributed by atoms with E-state index < -0.39 is 17.9 Å². The topological polar surface area (TPSA) is 112 Å². The Kier molecular flexibility index (Phi) is 4.87. The van der Waals surface area contributed by atoms with Crippen LogP contribution in [0.3, 0.4) is 0 Å². The smallest absolute Gasteiger partial charge is 0.335 e. The quantitative estimate of drug-likeness (QED) is 0.690. The third-order valence-electron chi connectivity index (χ3n) is 1.67. The number of hydrogen-bond donors (Lipinski definition) is 3. The zero-order chi connectivity index (χ0) is 11.6. The standard InChI is InChI=1S/C9H6O6.Ti/c10-7(11)4-1-5(8(12)13)3-6(2-4)9(14)15;/h1-3H,(H,10,11)(H,12,13)(H,14,15);. The molecule has 0 aliphatic carbocycles. The van der Waals surface area contributed by atoms with Gasteiger partial charge in [0.2, 0.25) is 0 Å². The summed E-state index contributed by atoms with van der Waals surface area (Å²) in [6, 6.07) is 2.70. The van der Waals surface area contributed by atoms with Gasteiger partial charge in [0, 0.05) is 21.7 Å². The maximum atomic E-state index is 10.6. The van der Waals surface area contributed by atoms with Gasteiger partial charge < -0.3 is 15.3 Å². The first-order valence-corrected chi connectivity index (χ1v) is 3.77. The normalized spacial score (nSPS) is 9.00.